The molecule has 0 N–H and O–H groups in total. The first-order valence-corrected chi connectivity index (χ1v) is 11.8. The number of hydrogen-bond acceptors (Lipinski definition) is 3. The summed E-state index contributed by atoms with van der Waals surface area (Å²) in [6, 6.07) is 31.6. The number of hydrogen-bond donors (Lipinski definition) is 0. The fourth-order valence-corrected chi connectivity index (χ4v) is 4.67. The molecule has 1 fully saturated rings. The number of benzene rings is 4. The van der Waals surface area contributed by atoms with Crippen molar-refractivity contribution in [3.05, 3.63) is 91.0 Å². The van der Waals surface area contributed by atoms with Crippen molar-refractivity contribution in [2.75, 3.05) is 0 Å². The van der Waals surface area contributed by atoms with E-state index in [4.69, 9.17) is 13.7 Å². The van der Waals surface area contributed by atoms with E-state index in [2.05, 4.69) is 113 Å². The Kier molecular flexibility index (Phi) is 4.74. The molecule has 0 atom stereocenters. The van der Waals surface area contributed by atoms with Gasteiger partial charge in [-0.2, -0.15) is 0 Å². The quantitative estimate of drug-likeness (QED) is 0.274. The van der Waals surface area contributed by atoms with E-state index in [0.717, 1.165) is 44.1 Å². The summed E-state index contributed by atoms with van der Waals surface area (Å²) in [5.41, 5.74) is 4.62. The second-order valence-electron chi connectivity index (χ2n) is 10.1. The highest BCUT2D eigenvalue weighted by molar-refractivity contribution is 6.62. The first kappa shape index (κ1) is 21.2. The van der Waals surface area contributed by atoms with Crippen LogP contribution < -0.4 is 5.46 Å². The summed E-state index contributed by atoms with van der Waals surface area (Å²) in [7, 11) is -0.380. The molecular weight excluding hydrogens is 419 g/mol. The molecule has 34 heavy (non-hydrogen) atoms. The number of fused-ring (bicyclic) bond motifs is 3. The minimum Gasteiger partial charge on any atom is -0.455 e. The number of rotatable bonds is 3. The molecule has 0 spiro atoms. The van der Waals surface area contributed by atoms with Crippen LogP contribution in [0.4, 0.5) is 0 Å². The molecule has 0 aliphatic carbocycles. The van der Waals surface area contributed by atoms with E-state index < -0.39 is 0 Å². The van der Waals surface area contributed by atoms with Gasteiger partial charge in [-0.05, 0) is 55.7 Å². The molecule has 0 saturated carbocycles. The molecule has 168 valence electrons. The smallest absolute Gasteiger partial charge is 0.455 e. The Bertz CT molecular complexity index is 1500. The molecule has 1 aliphatic rings. The van der Waals surface area contributed by atoms with Gasteiger partial charge in [-0.15, -0.1) is 0 Å². The van der Waals surface area contributed by atoms with Gasteiger partial charge in [-0.3, -0.25) is 0 Å². The summed E-state index contributed by atoms with van der Waals surface area (Å²) in [6.45, 7) is 8.31. The van der Waals surface area contributed by atoms with Crippen molar-refractivity contribution in [1.29, 1.82) is 0 Å². The Morgan fingerprint density at radius 1 is 0.618 bits per heavy atom. The van der Waals surface area contributed by atoms with Gasteiger partial charge in [0.05, 0.1) is 11.2 Å². The summed E-state index contributed by atoms with van der Waals surface area (Å²) < 4.78 is 19.0. The first-order valence-electron chi connectivity index (χ1n) is 11.8. The highest BCUT2D eigenvalue weighted by atomic mass is 16.7. The Hall–Kier alpha value is -3.34. The molecule has 4 heteroatoms. The van der Waals surface area contributed by atoms with Gasteiger partial charge < -0.3 is 13.7 Å². The van der Waals surface area contributed by atoms with Crippen molar-refractivity contribution in [3.8, 4) is 22.5 Å². The second kappa shape index (κ2) is 7.59. The van der Waals surface area contributed by atoms with Gasteiger partial charge in [0.1, 0.15) is 11.3 Å². The predicted molar refractivity (Wildman–Crippen MR) is 140 cm³/mol. The molecule has 1 saturated heterocycles. The standard InChI is InChI=1S/C30H27BO3/c1-29(2)30(3,4)34-31(33-29)23-16-17-25-21(18-23)14-15-22-19-27(32-28(22)25)26-13-9-8-12-24(26)20-10-6-5-7-11-20/h5-19H,1-4H3. The average Bonchev–Trinajstić information content (AvgIpc) is 3.37. The van der Waals surface area contributed by atoms with Crippen LogP contribution in [0.3, 0.4) is 0 Å². The summed E-state index contributed by atoms with van der Waals surface area (Å²) in [5, 5.41) is 3.28. The lowest BCUT2D eigenvalue weighted by molar-refractivity contribution is 0.00578. The molecule has 5 aromatic rings. The zero-order valence-electron chi connectivity index (χ0n) is 20.0. The van der Waals surface area contributed by atoms with Crippen molar-refractivity contribution in [1.82, 2.24) is 0 Å². The van der Waals surface area contributed by atoms with E-state index in [9.17, 15) is 0 Å². The monoisotopic (exact) mass is 446 g/mol. The molecule has 3 nitrogen and oxygen atoms in total. The van der Waals surface area contributed by atoms with Crippen LogP contribution in [0, 0.1) is 0 Å². The van der Waals surface area contributed by atoms with E-state index in [-0.39, 0.29) is 18.3 Å². The van der Waals surface area contributed by atoms with Crippen molar-refractivity contribution in [2.24, 2.45) is 0 Å². The third-order valence-electron chi connectivity index (χ3n) is 7.33. The lowest BCUT2D eigenvalue weighted by atomic mass is 9.78. The second-order valence-corrected chi connectivity index (χ2v) is 10.1. The fourth-order valence-electron chi connectivity index (χ4n) is 4.67. The van der Waals surface area contributed by atoms with Crippen molar-refractivity contribution in [3.63, 3.8) is 0 Å². The molecule has 0 unspecified atom stereocenters. The summed E-state index contributed by atoms with van der Waals surface area (Å²) >= 11 is 0. The van der Waals surface area contributed by atoms with Crippen LogP contribution in [0.25, 0.3) is 44.2 Å². The minimum atomic E-state index is -0.380. The third-order valence-corrected chi connectivity index (χ3v) is 7.33. The SMILES string of the molecule is CC1(C)OB(c2ccc3c(ccc4cc(-c5ccccc5-c5ccccc5)oc43)c2)OC1(C)C. The zero-order chi connectivity index (χ0) is 23.5. The Morgan fingerprint density at radius 3 is 2.00 bits per heavy atom. The van der Waals surface area contributed by atoms with Crippen molar-refractivity contribution >= 4 is 34.3 Å². The normalized spacial score (nSPS) is 17.0. The van der Waals surface area contributed by atoms with E-state index >= 15 is 0 Å². The van der Waals surface area contributed by atoms with Gasteiger partial charge in [0.2, 0.25) is 0 Å². The Labute approximate surface area is 200 Å². The van der Waals surface area contributed by atoms with Crippen LogP contribution in [-0.2, 0) is 9.31 Å². The zero-order valence-corrected chi connectivity index (χ0v) is 20.0. The van der Waals surface area contributed by atoms with Gasteiger partial charge >= 0.3 is 7.12 Å². The Balaban J connectivity index is 1.43. The topological polar surface area (TPSA) is 31.6 Å². The molecule has 6 rings (SSSR count). The molecular formula is C30H27BO3. The summed E-state index contributed by atoms with van der Waals surface area (Å²) in [4.78, 5) is 0. The summed E-state index contributed by atoms with van der Waals surface area (Å²) in [6.07, 6.45) is 0. The molecule has 0 amide bonds. The largest absolute Gasteiger partial charge is 0.494 e. The highest BCUT2D eigenvalue weighted by Crippen LogP contribution is 2.39. The maximum absolute atomic E-state index is 6.50. The van der Waals surface area contributed by atoms with E-state index in [1.807, 2.05) is 6.07 Å². The molecule has 0 radical (unpaired) electrons. The van der Waals surface area contributed by atoms with Crippen molar-refractivity contribution in [2.45, 2.75) is 38.9 Å². The lowest BCUT2D eigenvalue weighted by Crippen LogP contribution is -2.41. The average molecular weight is 446 g/mol. The molecule has 4 aromatic carbocycles. The molecule has 0 bridgehead atoms. The fraction of sp³-hybridized carbons (Fsp3) is 0.200. The van der Waals surface area contributed by atoms with E-state index in [1.54, 1.807) is 0 Å². The maximum atomic E-state index is 6.50. The van der Waals surface area contributed by atoms with Crippen LogP contribution in [0.1, 0.15) is 27.7 Å². The van der Waals surface area contributed by atoms with Gasteiger partial charge in [0.25, 0.3) is 0 Å². The number of furan rings is 1. The molecule has 1 aromatic heterocycles. The van der Waals surface area contributed by atoms with Crippen LogP contribution in [0.15, 0.2) is 95.4 Å². The van der Waals surface area contributed by atoms with Gasteiger partial charge in [0.15, 0.2) is 0 Å². The molecule has 1 aliphatic heterocycles. The highest BCUT2D eigenvalue weighted by Gasteiger charge is 2.51. The van der Waals surface area contributed by atoms with Gasteiger partial charge in [-0.25, -0.2) is 0 Å². The van der Waals surface area contributed by atoms with E-state index in [0.29, 0.717) is 0 Å². The van der Waals surface area contributed by atoms with Gasteiger partial charge in [-0.1, -0.05) is 84.9 Å². The molecule has 2 heterocycles. The Morgan fingerprint density at radius 2 is 1.26 bits per heavy atom. The van der Waals surface area contributed by atoms with Crippen LogP contribution >= 0.6 is 0 Å². The lowest BCUT2D eigenvalue weighted by Gasteiger charge is -2.32. The minimum absolute atomic E-state index is 0.362. The first-order chi connectivity index (χ1) is 16.3. The predicted octanol–water partition coefficient (Wildman–Crippen LogP) is 7.22. The third kappa shape index (κ3) is 3.37. The van der Waals surface area contributed by atoms with Gasteiger partial charge in [0, 0.05) is 16.3 Å². The summed E-state index contributed by atoms with van der Waals surface area (Å²) in [5.74, 6) is 0.872. The van der Waals surface area contributed by atoms with Crippen LogP contribution in [0.5, 0.6) is 0 Å². The van der Waals surface area contributed by atoms with Crippen LogP contribution in [-0.4, -0.2) is 18.3 Å². The maximum Gasteiger partial charge on any atom is 0.494 e. The van der Waals surface area contributed by atoms with E-state index in [1.165, 1.54) is 5.56 Å². The van der Waals surface area contributed by atoms with Crippen molar-refractivity contribution < 1.29 is 13.7 Å². The van der Waals surface area contributed by atoms with Crippen LogP contribution in [0.2, 0.25) is 0 Å².